The highest BCUT2D eigenvalue weighted by molar-refractivity contribution is 7.80. The molecule has 2 heterocycles. The summed E-state index contributed by atoms with van der Waals surface area (Å²) in [5.74, 6) is 0.665. The number of nitrogens with zero attached hydrogens (tertiary/aromatic N) is 3. The van der Waals surface area contributed by atoms with E-state index in [9.17, 15) is 0 Å². The zero-order valence-corrected chi connectivity index (χ0v) is 11.4. The van der Waals surface area contributed by atoms with Crippen molar-refractivity contribution in [3.05, 3.63) is 35.3 Å². The molecule has 2 aromatic heterocycles. The van der Waals surface area contributed by atoms with Crippen LogP contribution in [0.2, 0.25) is 0 Å². The molecular weight excluding hydrogens is 246 g/mol. The number of hydrogen-bond acceptors (Lipinski definition) is 4. The number of hydrogen-bond donors (Lipinski definition) is 2. The Bertz CT molecular complexity index is 603. The van der Waals surface area contributed by atoms with Crippen LogP contribution in [0, 0.1) is 13.8 Å². The first-order chi connectivity index (χ1) is 8.49. The number of thiocarbonyl (C=S) groups is 1. The summed E-state index contributed by atoms with van der Waals surface area (Å²) in [6, 6.07) is 1.88. The third-order valence-corrected chi connectivity index (χ3v) is 2.88. The summed E-state index contributed by atoms with van der Waals surface area (Å²) in [5.41, 5.74) is 9.31. The first-order valence-electron chi connectivity index (χ1n) is 5.51. The second kappa shape index (κ2) is 4.73. The van der Waals surface area contributed by atoms with Gasteiger partial charge in [0.15, 0.2) is 0 Å². The third kappa shape index (κ3) is 2.33. The molecule has 94 valence electrons. The lowest BCUT2D eigenvalue weighted by Gasteiger charge is -2.11. The quantitative estimate of drug-likeness (QED) is 0.825. The predicted octanol–water partition coefficient (Wildman–Crippen LogP) is 1.81. The third-order valence-electron chi connectivity index (χ3n) is 2.67. The van der Waals surface area contributed by atoms with Crippen molar-refractivity contribution in [2.45, 2.75) is 13.8 Å². The molecule has 0 bridgehead atoms. The highest BCUT2D eigenvalue weighted by atomic mass is 32.1. The summed E-state index contributed by atoms with van der Waals surface area (Å²) in [4.78, 5) is 4.63. The molecule has 0 atom stereocenters. The van der Waals surface area contributed by atoms with Gasteiger partial charge in [-0.05, 0) is 25.5 Å². The summed E-state index contributed by atoms with van der Waals surface area (Å²) in [5, 5.41) is 7.49. The zero-order chi connectivity index (χ0) is 13.3. The van der Waals surface area contributed by atoms with Gasteiger partial charge in [0.2, 0.25) is 0 Å². The van der Waals surface area contributed by atoms with Crippen LogP contribution >= 0.6 is 12.2 Å². The Morgan fingerprint density at radius 1 is 1.44 bits per heavy atom. The molecule has 0 fully saturated rings. The maximum atomic E-state index is 5.74. The van der Waals surface area contributed by atoms with Crippen LogP contribution < -0.4 is 11.1 Å². The monoisotopic (exact) mass is 261 g/mol. The molecular formula is C12H15N5S. The van der Waals surface area contributed by atoms with E-state index in [2.05, 4.69) is 15.4 Å². The fourth-order valence-electron chi connectivity index (χ4n) is 1.81. The first-order valence-corrected chi connectivity index (χ1v) is 5.92. The molecule has 18 heavy (non-hydrogen) atoms. The normalized spacial score (nSPS) is 10.4. The van der Waals surface area contributed by atoms with Crippen molar-refractivity contribution >= 4 is 28.7 Å². The summed E-state index contributed by atoms with van der Waals surface area (Å²) in [6.07, 6.45) is 3.62. The molecule has 5 nitrogen and oxygen atoms in total. The minimum Gasteiger partial charge on any atom is -0.389 e. The van der Waals surface area contributed by atoms with Gasteiger partial charge in [-0.15, -0.1) is 0 Å². The van der Waals surface area contributed by atoms with Gasteiger partial charge in [-0.2, -0.15) is 5.10 Å². The second-order valence-electron chi connectivity index (χ2n) is 4.14. The van der Waals surface area contributed by atoms with Crippen LogP contribution in [-0.4, -0.2) is 19.8 Å². The number of aryl methyl sites for hydroxylation is 3. The van der Waals surface area contributed by atoms with Crippen molar-refractivity contribution < 1.29 is 0 Å². The molecule has 0 spiro atoms. The van der Waals surface area contributed by atoms with Gasteiger partial charge in [0.05, 0.1) is 16.9 Å². The predicted molar refractivity (Wildman–Crippen MR) is 76.1 cm³/mol. The van der Waals surface area contributed by atoms with Crippen LogP contribution in [0.5, 0.6) is 0 Å². The molecule has 2 aromatic rings. The molecule has 0 aliphatic heterocycles. The maximum absolute atomic E-state index is 5.74. The van der Waals surface area contributed by atoms with Gasteiger partial charge in [0.1, 0.15) is 10.8 Å². The van der Waals surface area contributed by atoms with E-state index in [4.69, 9.17) is 18.0 Å². The van der Waals surface area contributed by atoms with Crippen molar-refractivity contribution in [3.8, 4) is 0 Å². The van der Waals surface area contributed by atoms with Crippen LogP contribution in [0.1, 0.15) is 16.8 Å². The highest BCUT2D eigenvalue weighted by Crippen LogP contribution is 2.22. The molecule has 0 radical (unpaired) electrons. The molecule has 0 aliphatic rings. The van der Waals surface area contributed by atoms with E-state index in [0.29, 0.717) is 10.8 Å². The summed E-state index contributed by atoms with van der Waals surface area (Å²) in [7, 11) is 1.87. The number of rotatable bonds is 3. The summed E-state index contributed by atoms with van der Waals surface area (Å²) < 4.78 is 1.74. The van der Waals surface area contributed by atoms with E-state index in [1.54, 1.807) is 10.9 Å². The SMILES string of the molecule is Cc1ccnc(Nc2cn(C)nc2C)c1C(N)=S. The molecule has 0 unspecified atom stereocenters. The average Bonchev–Trinajstić information content (AvgIpc) is 2.57. The van der Waals surface area contributed by atoms with Crippen molar-refractivity contribution in [2.24, 2.45) is 12.8 Å². The number of pyridine rings is 1. The topological polar surface area (TPSA) is 68.8 Å². The molecule has 0 amide bonds. The van der Waals surface area contributed by atoms with Gasteiger partial charge >= 0.3 is 0 Å². The second-order valence-corrected chi connectivity index (χ2v) is 4.58. The first kappa shape index (κ1) is 12.5. The molecule has 0 saturated carbocycles. The van der Waals surface area contributed by atoms with Crippen molar-refractivity contribution in [3.63, 3.8) is 0 Å². The molecule has 2 rings (SSSR count). The average molecular weight is 261 g/mol. The highest BCUT2D eigenvalue weighted by Gasteiger charge is 2.12. The van der Waals surface area contributed by atoms with E-state index in [1.165, 1.54) is 0 Å². The van der Waals surface area contributed by atoms with Gasteiger partial charge in [-0.3, -0.25) is 4.68 Å². The van der Waals surface area contributed by atoms with E-state index in [-0.39, 0.29) is 0 Å². The van der Waals surface area contributed by atoms with Crippen molar-refractivity contribution in [2.75, 3.05) is 5.32 Å². The minimum atomic E-state index is 0.338. The lowest BCUT2D eigenvalue weighted by atomic mass is 10.1. The van der Waals surface area contributed by atoms with Crippen LogP contribution in [0.25, 0.3) is 0 Å². The molecule has 6 heteroatoms. The summed E-state index contributed by atoms with van der Waals surface area (Å²) in [6.45, 7) is 3.88. The van der Waals surface area contributed by atoms with E-state index in [0.717, 1.165) is 22.5 Å². The Hall–Kier alpha value is -1.95. The maximum Gasteiger partial charge on any atom is 0.140 e. The summed E-state index contributed by atoms with van der Waals surface area (Å²) >= 11 is 5.07. The van der Waals surface area contributed by atoms with Crippen molar-refractivity contribution in [1.29, 1.82) is 0 Å². The van der Waals surface area contributed by atoms with Crippen LogP contribution in [0.4, 0.5) is 11.5 Å². The van der Waals surface area contributed by atoms with Gasteiger partial charge < -0.3 is 11.1 Å². The lowest BCUT2D eigenvalue weighted by molar-refractivity contribution is 0.756. The van der Waals surface area contributed by atoms with Crippen LogP contribution in [-0.2, 0) is 7.05 Å². The number of anilines is 2. The largest absolute Gasteiger partial charge is 0.389 e. The molecule has 3 N–H and O–H groups in total. The number of aromatic nitrogens is 3. The minimum absolute atomic E-state index is 0.338. The number of nitrogens with two attached hydrogens (primary N) is 1. The Morgan fingerprint density at radius 2 is 2.17 bits per heavy atom. The standard InChI is InChI=1S/C12H15N5S/c1-7-4-5-14-12(10(7)11(13)18)15-9-6-17(3)16-8(9)2/h4-6H,1-3H3,(H2,13,18)(H,14,15). The Labute approximate surface area is 111 Å². The smallest absolute Gasteiger partial charge is 0.140 e. The van der Waals surface area contributed by atoms with Crippen molar-refractivity contribution in [1.82, 2.24) is 14.8 Å². The van der Waals surface area contributed by atoms with E-state index >= 15 is 0 Å². The number of nitrogens with one attached hydrogen (secondary N) is 1. The van der Waals surface area contributed by atoms with Gasteiger partial charge in [-0.25, -0.2) is 4.98 Å². The molecule has 0 saturated heterocycles. The van der Waals surface area contributed by atoms with Gasteiger partial charge in [0.25, 0.3) is 0 Å². The van der Waals surface area contributed by atoms with E-state index in [1.807, 2.05) is 33.2 Å². The fraction of sp³-hybridized carbons (Fsp3) is 0.250. The fourth-order valence-corrected chi connectivity index (χ4v) is 2.07. The van der Waals surface area contributed by atoms with Crippen LogP contribution in [0.15, 0.2) is 18.5 Å². The Kier molecular flexibility index (Phi) is 3.29. The molecule has 0 aromatic carbocycles. The zero-order valence-electron chi connectivity index (χ0n) is 10.6. The van der Waals surface area contributed by atoms with Crippen LogP contribution in [0.3, 0.4) is 0 Å². The molecule has 0 aliphatic carbocycles. The van der Waals surface area contributed by atoms with Gasteiger partial charge in [-0.1, -0.05) is 12.2 Å². The van der Waals surface area contributed by atoms with Gasteiger partial charge in [0, 0.05) is 19.4 Å². The van der Waals surface area contributed by atoms with E-state index < -0.39 is 0 Å². The Balaban J connectivity index is 2.43. The lowest BCUT2D eigenvalue weighted by Crippen LogP contribution is -2.14. The Morgan fingerprint density at radius 3 is 2.72 bits per heavy atom.